The molecule has 1 aliphatic heterocycles. The number of anilines is 2. The zero-order valence-electron chi connectivity index (χ0n) is 40.3. The average Bonchev–Trinajstić information content (AvgIpc) is 3.66. The van der Waals surface area contributed by atoms with E-state index in [1.807, 2.05) is 12.1 Å². The van der Waals surface area contributed by atoms with E-state index in [-0.39, 0.29) is 16.2 Å². The van der Waals surface area contributed by atoms with Crippen molar-refractivity contribution in [1.29, 1.82) is 0 Å². The Labute approximate surface area is 402 Å². The van der Waals surface area contributed by atoms with Gasteiger partial charge in [-0.05, 0) is 150 Å². The minimum Gasteiger partial charge on any atom is -0.480 e. The van der Waals surface area contributed by atoms with E-state index < -0.39 is 24.3 Å². The van der Waals surface area contributed by atoms with Gasteiger partial charge in [-0.1, -0.05) is 151 Å². The van der Waals surface area contributed by atoms with Crippen molar-refractivity contribution < 1.29 is 19.5 Å². The number of benzene rings is 7. The number of imide groups is 1. The highest BCUT2D eigenvalue weighted by Gasteiger charge is 2.52. The number of carboxylic acid groups (broad SMARTS) is 1. The summed E-state index contributed by atoms with van der Waals surface area (Å²) < 4.78 is 0. The molecule has 6 nitrogen and oxygen atoms in total. The lowest BCUT2D eigenvalue weighted by atomic mass is 9.68. The van der Waals surface area contributed by atoms with Crippen LogP contribution in [0, 0.1) is 22.7 Å². The van der Waals surface area contributed by atoms with Gasteiger partial charge in [-0.25, -0.2) is 0 Å². The van der Waals surface area contributed by atoms with Gasteiger partial charge in [0.1, 0.15) is 6.54 Å². The van der Waals surface area contributed by atoms with Crippen molar-refractivity contribution in [2.24, 2.45) is 22.7 Å². The third kappa shape index (κ3) is 5.63. The predicted octanol–water partition coefficient (Wildman–Crippen LogP) is 15.0. The zero-order valence-corrected chi connectivity index (χ0v) is 40.3. The normalized spacial score (nSPS) is 23.0. The zero-order chi connectivity index (χ0) is 47.6. The van der Waals surface area contributed by atoms with Crippen molar-refractivity contribution in [2.45, 2.75) is 73.1 Å². The van der Waals surface area contributed by atoms with Gasteiger partial charge in [0, 0.05) is 49.8 Å². The quantitative estimate of drug-likeness (QED) is 0.102. The molecule has 0 radical (unpaired) electrons. The van der Waals surface area contributed by atoms with Crippen LogP contribution in [0.4, 0.5) is 11.4 Å². The maximum absolute atomic E-state index is 13.6. The highest BCUT2D eigenvalue weighted by molar-refractivity contribution is 6.39. The van der Waals surface area contributed by atoms with Gasteiger partial charge in [0.2, 0.25) is 0 Å². The molecule has 340 valence electrons. The van der Waals surface area contributed by atoms with E-state index >= 15 is 0 Å². The second kappa shape index (κ2) is 14.1. The standard InChI is InChI=1S/C63H54N2O4/c1-34-11-18-41-42-19-17-38(31-52(42)61(3,4)51(41)29-34)65(39-27-28-63(7)53-30-35(2)12-26-50(53)62(5,6)54(63)32-39)37-15-13-36(14-16-37)40-20-21-45-47-23-25-49-58-48(59(68)64(60(49)69)33-55(66)67)24-22-46(57(47)58)44-10-8-9-43(40)56(44)45/h8-27,31-32,34-35H,28-30,33H2,1-7H3,(H,66,67). The van der Waals surface area contributed by atoms with Gasteiger partial charge in [-0.15, -0.1) is 0 Å². The van der Waals surface area contributed by atoms with Crippen molar-refractivity contribution in [3.63, 3.8) is 0 Å². The molecule has 3 unspecified atom stereocenters. The number of amides is 2. The Balaban J connectivity index is 0.936. The Kier molecular flexibility index (Phi) is 8.57. The molecule has 3 atom stereocenters. The van der Waals surface area contributed by atoms with Crippen molar-refractivity contribution >= 4 is 77.8 Å². The largest absolute Gasteiger partial charge is 0.480 e. The Morgan fingerprint density at radius 3 is 1.94 bits per heavy atom. The van der Waals surface area contributed by atoms with Crippen molar-refractivity contribution in [1.82, 2.24) is 4.90 Å². The Bertz CT molecular complexity index is 3670. The number of nitrogens with zero attached hydrogens (tertiary/aromatic N) is 2. The number of rotatable bonds is 6. The fourth-order valence-corrected chi connectivity index (χ4v) is 13.8. The number of carboxylic acids is 1. The van der Waals surface area contributed by atoms with Crippen LogP contribution < -0.4 is 4.90 Å². The third-order valence-electron chi connectivity index (χ3n) is 17.2. The Morgan fingerprint density at radius 1 is 0.652 bits per heavy atom. The fourth-order valence-electron chi connectivity index (χ4n) is 13.8. The summed E-state index contributed by atoms with van der Waals surface area (Å²) in [6.07, 6.45) is 17.7. The molecular formula is C63H54N2O4. The van der Waals surface area contributed by atoms with Gasteiger partial charge >= 0.3 is 5.97 Å². The lowest BCUT2D eigenvalue weighted by molar-refractivity contribution is -0.137. The summed E-state index contributed by atoms with van der Waals surface area (Å²) in [5, 5.41) is 17.2. The minimum absolute atomic E-state index is 0.0123. The number of aliphatic carboxylic acids is 1. The molecule has 0 saturated heterocycles. The highest BCUT2D eigenvalue weighted by Crippen LogP contribution is 2.64. The van der Waals surface area contributed by atoms with Crippen LogP contribution in [0.1, 0.15) is 99.6 Å². The summed E-state index contributed by atoms with van der Waals surface area (Å²) in [7, 11) is 0. The minimum atomic E-state index is -1.23. The number of carbonyl (C=O) groups is 3. The molecule has 0 aromatic heterocycles. The second-order valence-electron chi connectivity index (χ2n) is 22.0. The number of carbonyl (C=O) groups excluding carboxylic acids is 2. The molecule has 5 aliphatic carbocycles. The van der Waals surface area contributed by atoms with Gasteiger partial charge in [-0.3, -0.25) is 19.3 Å². The molecule has 6 aliphatic rings. The van der Waals surface area contributed by atoms with Crippen molar-refractivity contribution in [2.75, 3.05) is 11.4 Å². The Morgan fingerprint density at radius 2 is 1.25 bits per heavy atom. The molecule has 0 saturated carbocycles. The highest BCUT2D eigenvalue weighted by atomic mass is 16.4. The van der Waals surface area contributed by atoms with Crippen LogP contribution >= 0.6 is 0 Å². The van der Waals surface area contributed by atoms with E-state index in [1.54, 1.807) is 23.3 Å². The van der Waals surface area contributed by atoms with Gasteiger partial charge in [0.15, 0.2) is 0 Å². The van der Waals surface area contributed by atoms with Crippen molar-refractivity contribution in [3.05, 3.63) is 184 Å². The van der Waals surface area contributed by atoms with E-state index in [0.717, 1.165) is 78.7 Å². The summed E-state index contributed by atoms with van der Waals surface area (Å²) in [6.45, 7) is 16.1. The summed E-state index contributed by atoms with van der Waals surface area (Å²) in [5.41, 5.74) is 16.5. The molecule has 1 N–H and O–H groups in total. The first-order valence-corrected chi connectivity index (χ1v) is 24.6. The third-order valence-corrected chi connectivity index (χ3v) is 17.2. The number of hydrogen-bond acceptors (Lipinski definition) is 4. The van der Waals surface area contributed by atoms with Crippen LogP contribution in [0.2, 0.25) is 0 Å². The summed E-state index contributed by atoms with van der Waals surface area (Å²) in [4.78, 5) is 42.3. The number of hydrogen-bond donors (Lipinski definition) is 1. The van der Waals surface area contributed by atoms with E-state index in [4.69, 9.17) is 0 Å². The molecule has 69 heavy (non-hydrogen) atoms. The smallest absolute Gasteiger partial charge is 0.323 e. The first-order valence-electron chi connectivity index (χ1n) is 24.6. The molecule has 13 rings (SSSR count). The average molecular weight is 903 g/mol. The predicted molar refractivity (Wildman–Crippen MR) is 280 cm³/mol. The molecule has 0 spiro atoms. The first-order chi connectivity index (χ1) is 33.1. The van der Waals surface area contributed by atoms with Crippen LogP contribution in [-0.4, -0.2) is 34.3 Å². The van der Waals surface area contributed by atoms with Crippen LogP contribution in [0.15, 0.2) is 162 Å². The van der Waals surface area contributed by atoms with Crippen molar-refractivity contribution in [3.8, 4) is 11.1 Å². The van der Waals surface area contributed by atoms with Crippen LogP contribution in [0.5, 0.6) is 0 Å². The molecule has 6 heteroatoms. The van der Waals surface area contributed by atoms with E-state index in [2.05, 4.69) is 163 Å². The molecule has 0 bridgehead atoms. The number of fused-ring (bicyclic) bond motifs is 6. The molecule has 1 heterocycles. The summed E-state index contributed by atoms with van der Waals surface area (Å²) in [5.74, 6) is -1.33. The summed E-state index contributed by atoms with van der Waals surface area (Å²) >= 11 is 0. The maximum Gasteiger partial charge on any atom is 0.323 e. The Hall–Kier alpha value is -7.31. The molecule has 7 aromatic rings. The molecule has 7 aromatic carbocycles. The van der Waals surface area contributed by atoms with Gasteiger partial charge in [0.05, 0.1) is 0 Å². The van der Waals surface area contributed by atoms with E-state index in [0.29, 0.717) is 28.3 Å². The lowest BCUT2D eigenvalue weighted by Crippen LogP contribution is -2.43. The number of allylic oxidation sites excluding steroid dienone is 11. The van der Waals surface area contributed by atoms with Crippen LogP contribution in [0.25, 0.3) is 59.8 Å². The van der Waals surface area contributed by atoms with E-state index in [1.165, 1.54) is 39.2 Å². The van der Waals surface area contributed by atoms with Crippen LogP contribution in [0.3, 0.4) is 0 Å². The summed E-state index contributed by atoms with van der Waals surface area (Å²) in [6, 6.07) is 34.5. The lowest BCUT2D eigenvalue weighted by Gasteiger charge is -2.39. The van der Waals surface area contributed by atoms with Gasteiger partial charge < -0.3 is 10.0 Å². The monoisotopic (exact) mass is 902 g/mol. The topological polar surface area (TPSA) is 77.9 Å². The molecule has 0 fully saturated rings. The van der Waals surface area contributed by atoms with Crippen LogP contribution in [-0.2, 0) is 10.2 Å². The fraction of sp³-hybridized carbons (Fsp3) is 0.254. The molecule has 2 amide bonds. The first kappa shape index (κ1) is 41.8. The molecular weight excluding hydrogens is 849 g/mol. The van der Waals surface area contributed by atoms with Gasteiger partial charge in [0.25, 0.3) is 11.8 Å². The SMILES string of the molecule is CC1C=CC2=C(C1)C1(C)CC=C(N(c3ccc(-c4ccc5c6ccc7c8c(ccc(c9cccc4c95)c86)C(=O)N(CC(=O)O)C7=O)cc3)c3ccc4c(c3)C(C)(C)C3=C4C=CC(C)C3)C=C1C2(C)C. The van der Waals surface area contributed by atoms with E-state index in [9.17, 15) is 19.5 Å². The second-order valence-corrected chi connectivity index (χ2v) is 22.0. The maximum atomic E-state index is 13.6. The van der Waals surface area contributed by atoms with Gasteiger partial charge in [-0.2, -0.15) is 0 Å².